The van der Waals surface area contributed by atoms with Crippen LogP contribution in [-0.4, -0.2) is 11.5 Å². The molecule has 112 valence electrons. The number of aryl methyl sites for hydroxylation is 1. The lowest BCUT2D eigenvalue weighted by atomic mass is 10.2. The zero-order valence-electron chi connectivity index (χ0n) is 11.7. The molecule has 2 rings (SSSR count). The largest absolute Gasteiger partial charge is 0.436 e. The van der Waals surface area contributed by atoms with Crippen molar-refractivity contribution >= 4 is 17.4 Å². The molecule has 0 bridgehead atoms. The van der Waals surface area contributed by atoms with E-state index >= 15 is 0 Å². The first-order valence-corrected chi connectivity index (χ1v) is 6.93. The van der Waals surface area contributed by atoms with Crippen LogP contribution in [-0.2, 0) is 0 Å². The first-order valence-electron chi connectivity index (χ1n) is 6.55. The number of anilines is 1. The molecule has 0 amide bonds. The Bertz CT molecular complexity index is 650. The predicted octanol–water partition coefficient (Wildman–Crippen LogP) is 4.94. The molecule has 21 heavy (non-hydrogen) atoms. The SMILES string of the molecule is CCCNc1nc(Oc2cc(Cl)ccc2C)c(F)cc1F. The van der Waals surface area contributed by atoms with Gasteiger partial charge in [-0.15, -0.1) is 0 Å². The van der Waals surface area contributed by atoms with Gasteiger partial charge in [0.2, 0.25) is 0 Å². The molecule has 0 aliphatic rings. The van der Waals surface area contributed by atoms with Gasteiger partial charge in [-0.25, -0.2) is 8.78 Å². The Labute approximate surface area is 126 Å². The molecule has 1 heterocycles. The van der Waals surface area contributed by atoms with Crippen LogP contribution in [0, 0.1) is 18.6 Å². The van der Waals surface area contributed by atoms with Gasteiger partial charge < -0.3 is 10.1 Å². The number of rotatable bonds is 5. The maximum Gasteiger partial charge on any atom is 0.258 e. The van der Waals surface area contributed by atoms with Crippen LogP contribution in [0.25, 0.3) is 0 Å². The van der Waals surface area contributed by atoms with E-state index in [1.165, 1.54) is 0 Å². The van der Waals surface area contributed by atoms with Gasteiger partial charge >= 0.3 is 0 Å². The minimum absolute atomic E-state index is 0.0343. The second-order valence-corrected chi connectivity index (χ2v) is 4.98. The summed E-state index contributed by atoms with van der Waals surface area (Å²) < 4.78 is 32.8. The van der Waals surface area contributed by atoms with Gasteiger partial charge in [-0.2, -0.15) is 4.98 Å². The summed E-state index contributed by atoms with van der Waals surface area (Å²) in [7, 11) is 0. The van der Waals surface area contributed by atoms with Crippen molar-refractivity contribution in [3.63, 3.8) is 0 Å². The summed E-state index contributed by atoms with van der Waals surface area (Å²) in [6.07, 6.45) is 0.794. The van der Waals surface area contributed by atoms with Gasteiger partial charge in [0.15, 0.2) is 17.5 Å². The highest BCUT2D eigenvalue weighted by Gasteiger charge is 2.14. The molecule has 0 unspecified atom stereocenters. The maximum absolute atomic E-state index is 13.8. The standard InChI is InChI=1S/C15H15ClF2N2O/c1-3-6-19-14-11(17)8-12(18)15(20-14)21-13-7-10(16)5-4-9(13)2/h4-5,7-8H,3,6H2,1-2H3,(H,19,20). The van der Waals surface area contributed by atoms with Crippen LogP contribution in [0.15, 0.2) is 24.3 Å². The van der Waals surface area contributed by atoms with E-state index in [-0.39, 0.29) is 11.7 Å². The van der Waals surface area contributed by atoms with Crippen molar-refractivity contribution in [2.24, 2.45) is 0 Å². The highest BCUT2D eigenvalue weighted by atomic mass is 35.5. The maximum atomic E-state index is 13.8. The molecular formula is C15H15ClF2N2O. The van der Waals surface area contributed by atoms with Crippen LogP contribution >= 0.6 is 11.6 Å². The summed E-state index contributed by atoms with van der Waals surface area (Å²) in [6, 6.07) is 5.75. The lowest BCUT2D eigenvalue weighted by molar-refractivity contribution is 0.415. The molecule has 6 heteroatoms. The summed E-state index contributed by atoms with van der Waals surface area (Å²) >= 11 is 5.88. The van der Waals surface area contributed by atoms with Crippen LogP contribution in [0.5, 0.6) is 11.6 Å². The lowest BCUT2D eigenvalue weighted by Gasteiger charge is -2.11. The number of hydrogen-bond acceptors (Lipinski definition) is 3. The smallest absolute Gasteiger partial charge is 0.258 e. The zero-order valence-corrected chi connectivity index (χ0v) is 12.5. The average molecular weight is 313 g/mol. The first kappa shape index (κ1) is 15.5. The predicted molar refractivity (Wildman–Crippen MR) is 79.2 cm³/mol. The number of aromatic nitrogens is 1. The Morgan fingerprint density at radius 2 is 2.00 bits per heavy atom. The summed E-state index contributed by atoms with van der Waals surface area (Å²) in [5.41, 5.74) is 0.771. The minimum atomic E-state index is -0.867. The van der Waals surface area contributed by atoms with E-state index in [1.807, 2.05) is 6.92 Å². The highest BCUT2D eigenvalue weighted by Crippen LogP contribution is 2.30. The molecule has 0 fully saturated rings. The molecule has 0 radical (unpaired) electrons. The molecule has 1 N–H and O–H groups in total. The van der Waals surface area contributed by atoms with Gasteiger partial charge in [-0.1, -0.05) is 24.6 Å². The number of pyridine rings is 1. The molecule has 0 aliphatic carbocycles. The Hall–Kier alpha value is -1.88. The van der Waals surface area contributed by atoms with Crippen LogP contribution in [0.4, 0.5) is 14.6 Å². The van der Waals surface area contributed by atoms with Crippen molar-refractivity contribution < 1.29 is 13.5 Å². The van der Waals surface area contributed by atoms with E-state index in [2.05, 4.69) is 10.3 Å². The number of nitrogens with one attached hydrogen (secondary N) is 1. The Morgan fingerprint density at radius 1 is 1.24 bits per heavy atom. The molecule has 0 saturated heterocycles. The normalized spacial score (nSPS) is 10.5. The highest BCUT2D eigenvalue weighted by molar-refractivity contribution is 6.30. The third-order valence-electron chi connectivity index (χ3n) is 2.80. The van der Waals surface area contributed by atoms with Gasteiger partial charge in [-0.05, 0) is 31.0 Å². The van der Waals surface area contributed by atoms with Crippen molar-refractivity contribution in [2.75, 3.05) is 11.9 Å². The van der Waals surface area contributed by atoms with E-state index < -0.39 is 11.6 Å². The summed E-state index contributed by atoms with van der Waals surface area (Å²) in [4.78, 5) is 3.85. The lowest BCUT2D eigenvalue weighted by Crippen LogP contribution is -2.06. The van der Waals surface area contributed by atoms with E-state index in [0.717, 1.165) is 18.1 Å². The van der Waals surface area contributed by atoms with E-state index in [4.69, 9.17) is 16.3 Å². The quantitative estimate of drug-likeness (QED) is 0.849. The van der Waals surface area contributed by atoms with E-state index in [1.54, 1.807) is 25.1 Å². The average Bonchev–Trinajstić information content (AvgIpc) is 2.44. The molecule has 2 aromatic rings. The molecule has 0 spiro atoms. The molecule has 0 saturated carbocycles. The fourth-order valence-corrected chi connectivity index (χ4v) is 1.84. The zero-order chi connectivity index (χ0) is 15.4. The second kappa shape index (κ2) is 6.72. The monoisotopic (exact) mass is 312 g/mol. The van der Waals surface area contributed by atoms with Gasteiger partial charge in [0, 0.05) is 17.6 Å². The van der Waals surface area contributed by atoms with Gasteiger partial charge in [0.1, 0.15) is 5.75 Å². The molecule has 0 atom stereocenters. The van der Waals surface area contributed by atoms with Crippen molar-refractivity contribution in [1.29, 1.82) is 0 Å². The Morgan fingerprint density at radius 3 is 2.71 bits per heavy atom. The van der Waals surface area contributed by atoms with Crippen molar-refractivity contribution in [1.82, 2.24) is 4.98 Å². The van der Waals surface area contributed by atoms with Crippen molar-refractivity contribution in [3.05, 3.63) is 46.5 Å². The fraction of sp³-hybridized carbons (Fsp3) is 0.267. The van der Waals surface area contributed by atoms with Gasteiger partial charge in [0.05, 0.1) is 0 Å². The Kier molecular flexibility index (Phi) is 4.96. The molecule has 3 nitrogen and oxygen atoms in total. The third kappa shape index (κ3) is 3.82. The van der Waals surface area contributed by atoms with Gasteiger partial charge in [0.25, 0.3) is 5.88 Å². The van der Waals surface area contributed by atoms with Crippen LogP contribution < -0.4 is 10.1 Å². The Balaban J connectivity index is 2.32. The minimum Gasteiger partial charge on any atom is -0.436 e. The number of hydrogen-bond donors (Lipinski definition) is 1. The van der Waals surface area contributed by atoms with Crippen LogP contribution in [0.2, 0.25) is 5.02 Å². The molecule has 1 aromatic carbocycles. The van der Waals surface area contributed by atoms with Gasteiger partial charge in [-0.3, -0.25) is 0 Å². The van der Waals surface area contributed by atoms with Crippen molar-refractivity contribution in [3.8, 4) is 11.6 Å². The van der Waals surface area contributed by atoms with Crippen LogP contribution in [0.1, 0.15) is 18.9 Å². The first-order chi connectivity index (χ1) is 10.0. The second-order valence-electron chi connectivity index (χ2n) is 4.54. The third-order valence-corrected chi connectivity index (χ3v) is 3.03. The topological polar surface area (TPSA) is 34.2 Å². The number of nitrogens with zero attached hydrogens (tertiary/aromatic N) is 1. The number of ether oxygens (including phenoxy) is 1. The fourth-order valence-electron chi connectivity index (χ4n) is 1.68. The summed E-state index contributed by atoms with van der Waals surface area (Å²) in [5.74, 6) is -1.57. The molecular weight excluding hydrogens is 298 g/mol. The summed E-state index contributed by atoms with van der Waals surface area (Å²) in [5, 5.41) is 3.24. The number of halogens is 3. The summed E-state index contributed by atoms with van der Waals surface area (Å²) in [6.45, 7) is 4.26. The molecule has 0 aliphatic heterocycles. The van der Waals surface area contributed by atoms with E-state index in [0.29, 0.717) is 17.3 Å². The van der Waals surface area contributed by atoms with Crippen LogP contribution in [0.3, 0.4) is 0 Å². The van der Waals surface area contributed by atoms with E-state index in [9.17, 15) is 8.78 Å². The number of benzene rings is 1. The molecule has 1 aromatic heterocycles. The van der Waals surface area contributed by atoms with Crippen molar-refractivity contribution in [2.45, 2.75) is 20.3 Å².